The predicted molar refractivity (Wildman–Crippen MR) is 110 cm³/mol. The molecule has 0 aromatic heterocycles. The fourth-order valence-corrected chi connectivity index (χ4v) is 3.48. The van der Waals surface area contributed by atoms with Crippen molar-refractivity contribution in [3.05, 3.63) is 95.1 Å². The number of ketones is 1. The summed E-state index contributed by atoms with van der Waals surface area (Å²) >= 11 is 0. The normalized spacial score (nSPS) is 15.8. The molecule has 0 N–H and O–H groups in total. The summed E-state index contributed by atoms with van der Waals surface area (Å²) in [5.41, 5.74) is 3.99. The molecule has 0 bridgehead atoms. The van der Waals surface area contributed by atoms with Gasteiger partial charge in [0.25, 0.3) is 0 Å². The Kier molecular flexibility index (Phi) is 5.16. The lowest BCUT2D eigenvalue weighted by atomic mass is 9.96. The maximum Gasteiger partial charge on any atom is 0.170 e. The number of hydrogen-bond acceptors (Lipinski definition) is 3. The van der Waals surface area contributed by atoms with Crippen molar-refractivity contribution < 1.29 is 14.3 Å². The summed E-state index contributed by atoms with van der Waals surface area (Å²) in [6.45, 7) is 4.85. The van der Waals surface area contributed by atoms with Gasteiger partial charge in [0.1, 0.15) is 24.2 Å². The van der Waals surface area contributed by atoms with Crippen molar-refractivity contribution in [3.63, 3.8) is 0 Å². The molecule has 3 heteroatoms. The minimum absolute atomic E-state index is 0.103. The number of carbonyl (C=O) groups is 1. The summed E-state index contributed by atoms with van der Waals surface area (Å²) in [5, 5.41) is 0. The third-order valence-corrected chi connectivity index (χ3v) is 5.13. The standard InChI is InChI=1S/C25H24O3/c1-17(2)19-13-11-18(12-14-19)16-27-23-9-5-4-8-21(23)25-15-22(26)20-7-3-6-10-24(20)28-25/h3-14,17,25H,15-16H2,1-2H3. The molecular weight excluding hydrogens is 348 g/mol. The average molecular weight is 372 g/mol. The molecule has 1 aliphatic heterocycles. The summed E-state index contributed by atoms with van der Waals surface area (Å²) in [4.78, 5) is 12.5. The first-order chi connectivity index (χ1) is 13.6. The molecular formula is C25H24O3. The summed E-state index contributed by atoms with van der Waals surface area (Å²) in [6, 6.07) is 23.7. The molecule has 1 unspecified atom stereocenters. The third kappa shape index (κ3) is 3.79. The molecule has 1 atom stereocenters. The zero-order valence-electron chi connectivity index (χ0n) is 16.2. The van der Waals surface area contributed by atoms with Crippen molar-refractivity contribution in [2.45, 2.75) is 38.9 Å². The van der Waals surface area contributed by atoms with E-state index in [9.17, 15) is 4.79 Å². The monoisotopic (exact) mass is 372 g/mol. The number of hydrogen-bond donors (Lipinski definition) is 0. The Morgan fingerprint density at radius 2 is 1.68 bits per heavy atom. The number of para-hydroxylation sites is 2. The van der Waals surface area contributed by atoms with E-state index in [2.05, 4.69) is 38.1 Å². The van der Waals surface area contributed by atoms with Gasteiger partial charge in [-0.3, -0.25) is 4.79 Å². The molecule has 0 amide bonds. The summed E-state index contributed by atoms with van der Waals surface area (Å²) < 4.78 is 12.2. The van der Waals surface area contributed by atoms with Gasteiger partial charge in [0.2, 0.25) is 0 Å². The molecule has 3 aromatic carbocycles. The molecule has 3 aromatic rings. The summed E-state index contributed by atoms with van der Waals surface area (Å²) in [6.07, 6.45) is -0.0116. The van der Waals surface area contributed by atoms with Gasteiger partial charge >= 0.3 is 0 Å². The Bertz CT molecular complexity index is 973. The topological polar surface area (TPSA) is 35.5 Å². The predicted octanol–water partition coefficient (Wildman–Crippen LogP) is 6.10. The van der Waals surface area contributed by atoms with Crippen LogP contribution in [-0.2, 0) is 6.61 Å². The van der Waals surface area contributed by atoms with Crippen molar-refractivity contribution in [2.75, 3.05) is 0 Å². The average Bonchev–Trinajstić information content (AvgIpc) is 2.73. The van der Waals surface area contributed by atoms with Gasteiger partial charge in [0.05, 0.1) is 12.0 Å². The fraction of sp³-hybridized carbons (Fsp3) is 0.240. The highest BCUT2D eigenvalue weighted by Gasteiger charge is 2.29. The second-order valence-electron chi connectivity index (χ2n) is 7.45. The fourth-order valence-electron chi connectivity index (χ4n) is 3.48. The van der Waals surface area contributed by atoms with Crippen LogP contribution in [0.5, 0.6) is 11.5 Å². The highest BCUT2D eigenvalue weighted by Crippen LogP contribution is 2.38. The third-order valence-electron chi connectivity index (χ3n) is 5.13. The highest BCUT2D eigenvalue weighted by molar-refractivity contribution is 6.00. The first kappa shape index (κ1) is 18.3. The van der Waals surface area contributed by atoms with E-state index in [0.717, 1.165) is 16.9 Å². The van der Waals surface area contributed by atoms with Crippen molar-refractivity contribution in [1.29, 1.82) is 0 Å². The van der Waals surface area contributed by atoms with Crippen LogP contribution < -0.4 is 9.47 Å². The van der Waals surface area contributed by atoms with Crippen molar-refractivity contribution in [1.82, 2.24) is 0 Å². The Morgan fingerprint density at radius 3 is 2.46 bits per heavy atom. The van der Waals surface area contributed by atoms with Crippen LogP contribution in [0.2, 0.25) is 0 Å². The summed E-state index contributed by atoms with van der Waals surface area (Å²) in [7, 11) is 0. The highest BCUT2D eigenvalue weighted by atomic mass is 16.5. The van der Waals surface area contributed by atoms with Gasteiger partial charge in [-0.1, -0.05) is 68.4 Å². The lowest BCUT2D eigenvalue weighted by molar-refractivity contribution is 0.0845. The quantitative estimate of drug-likeness (QED) is 0.543. The second-order valence-corrected chi connectivity index (χ2v) is 7.45. The van der Waals surface area contributed by atoms with Crippen LogP contribution >= 0.6 is 0 Å². The van der Waals surface area contributed by atoms with Crippen molar-refractivity contribution >= 4 is 5.78 Å². The Morgan fingerprint density at radius 1 is 0.964 bits per heavy atom. The number of rotatable bonds is 5. The van der Waals surface area contributed by atoms with Crippen molar-refractivity contribution in [3.8, 4) is 11.5 Å². The molecule has 1 heterocycles. The van der Waals surface area contributed by atoms with Gasteiger partial charge in [-0.25, -0.2) is 0 Å². The van der Waals surface area contributed by atoms with E-state index < -0.39 is 0 Å². The maximum atomic E-state index is 12.5. The number of fused-ring (bicyclic) bond motifs is 1. The molecule has 28 heavy (non-hydrogen) atoms. The van der Waals surface area contributed by atoms with Crippen LogP contribution in [0.15, 0.2) is 72.8 Å². The number of Topliss-reactive ketones (excluding diaryl/α,β-unsaturated/α-hetero) is 1. The zero-order valence-corrected chi connectivity index (χ0v) is 16.2. The minimum Gasteiger partial charge on any atom is -0.488 e. The van der Waals surface area contributed by atoms with Gasteiger partial charge in [0, 0.05) is 5.56 Å². The number of benzene rings is 3. The Hall–Kier alpha value is -3.07. The molecule has 0 saturated carbocycles. The Balaban J connectivity index is 1.52. The first-order valence-electron chi connectivity index (χ1n) is 9.71. The molecule has 0 saturated heterocycles. The van der Waals surface area contributed by atoms with E-state index in [1.165, 1.54) is 5.56 Å². The van der Waals surface area contributed by atoms with Crippen LogP contribution in [0.25, 0.3) is 0 Å². The van der Waals surface area contributed by atoms with Gasteiger partial charge < -0.3 is 9.47 Å². The molecule has 0 aliphatic carbocycles. The van der Waals surface area contributed by atoms with E-state index in [4.69, 9.17) is 9.47 Å². The lowest BCUT2D eigenvalue weighted by Gasteiger charge is -2.26. The summed E-state index contributed by atoms with van der Waals surface area (Å²) in [5.74, 6) is 2.01. The van der Waals surface area contributed by atoms with E-state index in [1.807, 2.05) is 48.5 Å². The molecule has 0 radical (unpaired) electrons. The van der Waals surface area contributed by atoms with E-state index in [1.54, 1.807) is 0 Å². The molecule has 4 rings (SSSR count). The van der Waals surface area contributed by atoms with Gasteiger partial charge in [-0.05, 0) is 35.2 Å². The van der Waals surface area contributed by atoms with Crippen LogP contribution in [0.1, 0.15) is 59.3 Å². The van der Waals surface area contributed by atoms with E-state index in [-0.39, 0.29) is 11.9 Å². The largest absolute Gasteiger partial charge is 0.488 e. The zero-order chi connectivity index (χ0) is 19.5. The maximum absolute atomic E-state index is 12.5. The number of ether oxygens (including phenoxy) is 2. The van der Waals surface area contributed by atoms with E-state index >= 15 is 0 Å². The molecule has 1 aliphatic rings. The molecule has 142 valence electrons. The first-order valence-corrected chi connectivity index (χ1v) is 9.71. The SMILES string of the molecule is CC(C)c1ccc(COc2ccccc2C2CC(=O)c3ccccc3O2)cc1. The van der Waals surface area contributed by atoms with Crippen LogP contribution in [0, 0.1) is 0 Å². The minimum atomic E-state index is -0.332. The van der Waals surface area contributed by atoms with Crippen molar-refractivity contribution in [2.24, 2.45) is 0 Å². The Labute approximate surface area is 165 Å². The molecule has 0 spiro atoms. The van der Waals surface area contributed by atoms with E-state index in [0.29, 0.717) is 30.3 Å². The smallest absolute Gasteiger partial charge is 0.170 e. The van der Waals surface area contributed by atoms with Crippen LogP contribution in [0.4, 0.5) is 0 Å². The molecule has 3 nitrogen and oxygen atoms in total. The molecule has 0 fully saturated rings. The van der Waals surface area contributed by atoms with Crippen LogP contribution in [-0.4, -0.2) is 5.78 Å². The number of carbonyl (C=O) groups excluding carboxylic acids is 1. The second kappa shape index (κ2) is 7.89. The van der Waals surface area contributed by atoms with Gasteiger partial charge in [0.15, 0.2) is 5.78 Å². The van der Waals surface area contributed by atoms with Gasteiger partial charge in [-0.2, -0.15) is 0 Å². The van der Waals surface area contributed by atoms with Gasteiger partial charge in [-0.15, -0.1) is 0 Å². The lowest BCUT2D eigenvalue weighted by Crippen LogP contribution is -2.20. The van der Waals surface area contributed by atoms with Crippen LogP contribution in [0.3, 0.4) is 0 Å².